The topological polar surface area (TPSA) is 35.5 Å². The fourth-order valence-electron chi connectivity index (χ4n) is 3.81. The second-order valence-electron chi connectivity index (χ2n) is 7.66. The number of nitrogens with one attached hydrogen (secondary N) is 1. The minimum absolute atomic E-state index is 0.104. The van der Waals surface area contributed by atoms with Gasteiger partial charge in [-0.15, -0.1) is 0 Å². The summed E-state index contributed by atoms with van der Waals surface area (Å²) in [6.07, 6.45) is 7.15. The number of anilines is 1. The Bertz CT molecular complexity index is 487. The molecule has 2 N–H and O–H groups in total. The third-order valence-corrected chi connectivity index (χ3v) is 5.74. The van der Waals surface area contributed by atoms with Gasteiger partial charge < -0.3 is 15.3 Å². The van der Waals surface area contributed by atoms with Crippen LogP contribution >= 0.6 is 0 Å². The van der Waals surface area contributed by atoms with Crippen LogP contribution in [-0.4, -0.2) is 30.8 Å². The number of rotatable bonds is 7. The Morgan fingerprint density at radius 1 is 1.22 bits per heavy atom. The Balaban J connectivity index is 1.52. The number of aliphatic hydroxyl groups is 1. The van der Waals surface area contributed by atoms with E-state index in [4.69, 9.17) is 0 Å². The predicted octanol–water partition coefficient (Wildman–Crippen LogP) is 3.88. The first-order valence-corrected chi connectivity index (χ1v) is 9.38. The molecule has 1 saturated carbocycles. The van der Waals surface area contributed by atoms with Crippen molar-refractivity contribution in [1.29, 1.82) is 0 Å². The third-order valence-electron chi connectivity index (χ3n) is 5.74. The number of nitrogens with zero attached hydrogens (tertiary/aromatic N) is 1. The molecule has 1 aromatic rings. The molecule has 1 heterocycles. The molecule has 1 saturated heterocycles. The van der Waals surface area contributed by atoms with Crippen molar-refractivity contribution in [2.45, 2.75) is 64.5 Å². The molecule has 1 aliphatic heterocycles. The minimum atomic E-state index is -0.104. The molecule has 3 rings (SSSR count). The summed E-state index contributed by atoms with van der Waals surface area (Å²) in [5, 5.41) is 13.4. The monoisotopic (exact) mass is 316 g/mol. The Hall–Kier alpha value is -1.06. The summed E-state index contributed by atoms with van der Waals surface area (Å²) >= 11 is 0. The molecule has 3 nitrogen and oxygen atoms in total. The first kappa shape index (κ1) is 16.8. The van der Waals surface area contributed by atoms with Crippen LogP contribution in [0.15, 0.2) is 24.3 Å². The van der Waals surface area contributed by atoms with Crippen LogP contribution in [-0.2, 0) is 0 Å². The summed E-state index contributed by atoms with van der Waals surface area (Å²) in [6.45, 7) is 7.66. The normalized spacial score (nSPS) is 22.1. The van der Waals surface area contributed by atoms with Crippen molar-refractivity contribution < 1.29 is 5.11 Å². The summed E-state index contributed by atoms with van der Waals surface area (Å²) in [7, 11) is 0. The molecule has 0 bridgehead atoms. The van der Waals surface area contributed by atoms with Crippen LogP contribution in [0.2, 0.25) is 0 Å². The van der Waals surface area contributed by atoms with Crippen LogP contribution in [0.1, 0.15) is 64.0 Å². The van der Waals surface area contributed by atoms with E-state index in [-0.39, 0.29) is 6.10 Å². The zero-order valence-electron chi connectivity index (χ0n) is 14.7. The lowest BCUT2D eigenvalue weighted by Crippen LogP contribution is -2.35. The molecular formula is C20H32N2O. The van der Waals surface area contributed by atoms with Crippen LogP contribution in [0.3, 0.4) is 0 Å². The molecule has 2 fully saturated rings. The fourth-order valence-corrected chi connectivity index (χ4v) is 3.81. The van der Waals surface area contributed by atoms with Gasteiger partial charge in [-0.2, -0.15) is 0 Å². The van der Waals surface area contributed by atoms with Gasteiger partial charge in [0.2, 0.25) is 0 Å². The molecule has 3 heteroatoms. The van der Waals surface area contributed by atoms with E-state index in [1.165, 1.54) is 36.9 Å². The summed E-state index contributed by atoms with van der Waals surface area (Å²) in [4.78, 5) is 2.38. The van der Waals surface area contributed by atoms with E-state index in [9.17, 15) is 5.11 Å². The van der Waals surface area contributed by atoms with E-state index >= 15 is 0 Å². The molecular weight excluding hydrogens is 284 g/mol. The molecule has 1 atom stereocenters. The Labute approximate surface area is 141 Å². The third kappa shape index (κ3) is 4.27. The SMILES string of the molecule is CCCC1(CNC(C)c2ccc(N3CCC(O)CC3)cc2)CC1. The van der Waals surface area contributed by atoms with Gasteiger partial charge in [-0.05, 0) is 62.1 Å². The lowest BCUT2D eigenvalue weighted by molar-refractivity contribution is 0.145. The van der Waals surface area contributed by atoms with E-state index < -0.39 is 0 Å². The Kier molecular flexibility index (Phi) is 5.27. The molecule has 0 aromatic heterocycles. The highest BCUT2D eigenvalue weighted by atomic mass is 16.3. The van der Waals surface area contributed by atoms with E-state index in [0.717, 1.165) is 32.5 Å². The standard InChI is InChI=1S/C20H32N2O/c1-3-10-20(11-12-20)15-21-16(2)17-4-6-18(7-5-17)22-13-8-19(23)9-14-22/h4-7,16,19,21,23H,3,8-15H2,1-2H3. The second kappa shape index (κ2) is 7.23. The number of hydrogen-bond donors (Lipinski definition) is 2. The molecule has 1 aromatic carbocycles. The summed E-state index contributed by atoms with van der Waals surface area (Å²) in [5.41, 5.74) is 3.27. The van der Waals surface area contributed by atoms with Gasteiger partial charge in [-0.3, -0.25) is 0 Å². The van der Waals surface area contributed by atoms with E-state index in [1.54, 1.807) is 0 Å². The van der Waals surface area contributed by atoms with E-state index in [1.807, 2.05) is 0 Å². The van der Waals surface area contributed by atoms with Gasteiger partial charge in [-0.1, -0.05) is 25.5 Å². The lowest BCUT2D eigenvalue weighted by Gasteiger charge is -2.31. The fraction of sp³-hybridized carbons (Fsp3) is 0.700. The van der Waals surface area contributed by atoms with Crippen molar-refractivity contribution in [3.05, 3.63) is 29.8 Å². The van der Waals surface area contributed by atoms with Crippen molar-refractivity contribution in [2.24, 2.45) is 5.41 Å². The largest absolute Gasteiger partial charge is 0.393 e. The van der Waals surface area contributed by atoms with Gasteiger partial charge >= 0.3 is 0 Å². The molecule has 0 spiro atoms. The van der Waals surface area contributed by atoms with Gasteiger partial charge in [0, 0.05) is 31.4 Å². The number of hydrogen-bond acceptors (Lipinski definition) is 3. The molecule has 128 valence electrons. The van der Waals surface area contributed by atoms with Crippen molar-refractivity contribution in [3.8, 4) is 0 Å². The van der Waals surface area contributed by atoms with Crippen LogP contribution in [0.25, 0.3) is 0 Å². The molecule has 0 amide bonds. The predicted molar refractivity (Wildman–Crippen MR) is 96.9 cm³/mol. The van der Waals surface area contributed by atoms with Crippen LogP contribution in [0, 0.1) is 5.41 Å². The van der Waals surface area contributed by atoms with Crippen LogP contribution in [0.4, 0.5) is 5.69 Å². The molecule has 1 unspecified atom stereocenters. The summed E-state index contributed by atoms with van der Waals surface area (Å²) in [5.74, 6) is 0. The van der Waals surface area contributed by atoms with E-state index in [2.05, 4.69) is 48.3 Å². The maximum atomic E-state index is 9.62. The van der Waals surface area contributed by atoms with Gasteiger partial charge in [0.15, 0.2) is 0 Å². The van der Waals surface area contributed by atoms with Crippen molar-refractivity contribution in [3.63, 3.8) is 0 Å². The number of piperidine rings is 1. The second-order valence-corrected chi connectivity index (χ2v) is 7.66. The number of benzene rings is 1. The van der Waals surface area contributed by atoms with Gasteiger partial charge in [0.25, 0.3) is 0 Å². The molecule has 1 aliphatic carbocycles. The molecule has 23 heavy (non-hydrogen) atoms. The van der Waals surface area contributed by atoms with Gasteiger partial charge in [-0.25, -0.2) is 0 Å². The van der Waals surface area contributed by atoms with Gasteiger partial charge in [0.1, 0.15) is 0 Å². The first-order valence-electron chi connectivity index (χ1n) is 9.38. The van der Waals surface area contributed by atoms with Crippen molar-refractivity contribution >= 4 is 5.69 Å². The Morgan fingerprint density at radius 2 is 1.87 bits per heavy atom. The molecule has 0 radical (unpaired) electrons. The summed E-state index contributed by atoms with van der Waals surface area (Å²) < 4.78 is 0. The Morgan fingerprint density at radius 3 is 2.43 bits per heavy atom. The maximum absolute atomic E-state index is 9.62. The highest BCUT2D eigenvalue weighted by molar-refractivity contribution is 5.48. The minimum Gasteiger partial charge on any atom is -0.393 e. The lowest BCUT2D eigenvalue weighted by atomic mass is 9.99. The summed E-state index contributed by atoms with van der Waals surface area (Å²) in [6, 6.07) is 9.42. The zero-order valence-corrected chi connectivity index (χ0v) is 14.7. The maximum Gasteiger partial charge on any atom is 0.0574 e. The average Bonchev–Trinajstić information content (AvgIpc) is 3.34. The quantitative estimate of drug-likeness (QED) is 0.801. The highest BCUT2D eigenvalue weighted by Gasteiger charge is 2.41. The molecule has 2 aliphatic rings. The van der Waals surface area contributed by atoms with Crippen LogP contribution < -0.4 is 10.2 Å². The van der Waals surface area contributed by atoms with E-state index in [0.29, 0.717) is 11.5 Å². The highest BCUT2D eigenvalue weighted by Crippen LogP contribution is 2.49. The zero-order chi connectivity index (χ0) is 16.3. The van der Waals surface area contributed by atoms with Crippen LogP contribution in [0.5, 0.6) is 0 Å². The van der Waals surface area contributed by atoms with Crippen molar-refractivity contribution in [2.75, 3.05) is 24.5 Å². The smallest absolute Gasteiger partial charge is 0.0574 e. The number of aliphatic hydroxyl groups excluding tert-OH is 1. The first-order chi connectivity index (χ1) is 11.1. The average molecular weight is 316 g/mol. The van der Waals surface area contributed by atoms with Gasteiger partial charge in [0.05, 0.1) is 6.10 Å². The van der Waals surface area contributed by atoms with Crippen molar-refractivity contribution in [1.82, 2.24) is 5.32 Å².